The fraction of sp³-hybridized carbons (Fsp3) is 0.538. The van der Waals surface area contributed by atoms with Crippen LogP contribution >= 0.6 is 0 Å². The van der Waals surface area contributed by atoms with Crippen molar-refractivity contribution in [3.63, 3.8) is 0 Å². The van der Waals surface area contributed by atoms with Gasteiger partial charge in [0.05, 0.1) is 11.9 Å². The summed E-state index contributed by atoms with van der Waals surface area (Å²) in [6, 6.07) is 6.98. The molecule has 0 amide bonds. The Balaban J connectivity index is 2.05. The van der Waals surface area contributed by atoms with Crippen molar-refractivity contribution in [2.45, 2.75) is 31.9 Å². The number of sulfonamides is 1. The quantitative estimate of drug-likeness (QED) is 0.760. The summed E-state index contributed by atoms with van der Waals surface area (Å²) < 4.78 is 25.3. The third kappa shape index (κ3) is 3.68. The molecule has 2 atom stereocenters. The lowest BCUT2D eigenvalue weighted by Crippen LogP contribution is -2.28. The largest absolute Gasteiger partial charge is 0.387 e. The lowest BCUT2D eigenvalue weighted by molar-refractivity contribution is 0.137. The monoisotopic (exact) mass is 284 g/mol. The molecule has 5 nitrogen and oxygen atoms in total. The lowest BCUT2D eigenvalue weighted by atomic mass is 10.0. The molecule has 1 aliphatic rings. The molecule has 0 spiro atoms. The number of hydrogen-bond acceptors (Lipinski definition) is 4. The smallest absolute Gasteiger partial charge is 0.232 e. The molecule has 2 unspecified atom stereocenters. The summed E-state index contributed by atoms with van der Waals surface area (Å²) in [4.78, 5) is 0. The fourth-order valence-electron chi connectivity index (χ4n) is 2.21. The minimum Gasteiger partial charge on any atom is -0.387 e. The lowest BCUT2D eigenvalue weighted by Gasteiger charge is -2.19. The maximum atomic E-state index is 11.4. The number of hydrogen-bond donors (Lipinski definition) is 3. The van der Waals surface area contributed by atoms with Gasteiger partial charge in [-0.25, -0.2) is 8.42 Å². The first kappa shape index (κ1) is 14.3. The summed E-state index contributed by atoms with van der Waals surface area (Å²) in [5.74, 6) is 0.0450. The van der Waals surface area contributed by atoms with Crippen LogP contribution in [-0.2, 0) is 10.0 Å². The molecule has 2 rings (SSSR count). The molecule has 1 fully saturated rings. The second-order valence-corrected chi connectivity index (χ2v) is 6.79. The van der Waals surface area contributed by atoms with E-state index >= 15 is 0 Å². The summed E-state index contributed by atoms with van der Waals surface area (Å²) in [5.41, 5.74) is 1.33. The summed E-state index contributed by atoms with van der Waals surface area (Å²) in [5, 5.41) is 13.4. The standard InChI is InChI=1S/C13H20N2O3S/c1-2-19(17,18)15-11-7-5-10(6-8-11)13(16)12-4-3-9-14-12/h5-8,12-16H,2-4,9H2,1H3. The van der Waals surface area contributed by atoms with E-state index in [1.54, 1.807) is 31.2 Å². The van der Waals surface area contributed by atoms with Crippen molar-refractivity contribution in [2.75, 3.05) is 17.0 Å². The third-order valence-electron chi connectivity index (χ3n) is 3.39. The van der Waals surface area contributed by atoms with E-state index in [1.165, 1.54) is 0 Å². The molecule has 1 saturated heterocycles. The van der Waals surface area contributed by atoms with Crippen molar-refractivity contribution in [2.24, 2.45) is 0 Å². The van der Waals surface area contributed by atoms with Crippen LogP contribution in [0.4, 0.5) is 5.69 Å². The second-order valence-electron chi connectivity index (χ2n) is 4.78. The van der Waals surface area contributed by atoms with E-state index in [2.05, 4.69) is 10.0 Å². The van der Waals surface area contributed by atoms with Gasteiger partial charge in [-0.3, -0.25) is 4.72 Å². The van der Waals surface area contributed by atoms with E-state index in [9.17, 15) is 13.5 Å². The van der Waals surface area contributed by atoms with Gasteiger partial charge in [0.1, 0.15) is 0 Å². The molecule has 6 heteroatoms. The number of benzene rings is 1. The molecule has 0 bridgehead atoms. The van der Waals surface area contributed by atoms with Gasteiger partial charge in [-0.15, -0.1) is 0 Å². The highest BCUT2D eigenvalue weighted by Crippen LogP contribution is 2.24. The van der Waals surface area contributed by atoms with Crippen LogP contribution in [0.25, 0.3) is 0 Å². The summed E-state index contributed by atoms with van der Waals surface area (Å²) in [6.45, 7) is 2.53. The Bertz CT molecular complexity index is 507. The molecule has 0 aliphatic carbocycles. The molecule has 3 N–H and O–H groups in total. The van der Waals surface area contributed by atoms with Crippen molar-refractivity contribution in [3.05, 3.63) is 29.8 Å². The first-order chi connectivity index (χ1) is 9.02. The van der Waals surface area contributed by atoms with E-state index in [4.69, 9.17) is 0 Å². The SMILES string of the molecule is CCS(=O)(=O)Nc1ccc(C(O)C2CCCN2)cc1. The predicted octanol–water partition coefficient (Wildman–Crippen LogP) is 1.23. The normalized spacial score (nSPS) is 21.3. The van der Waals surface area contributed by atoms with Crippen molar-refractivity contribution in [1.29, 1.82) is 0 Å². The number of aliphatic hydroxyl groups excluding tert-OH is 1. The highest BCUT2D eigenvalue weighted by molar-refractivity contribution is 7.92. The van der Waals surface area contributed by atoms with E-state index in [0.717, 1.165) is 24.9 Å². The number of anilines is 1. The second kappa shape index (κ2) is 5.90. The van der Waals surface area contributed by atoms with Crippen molar-refractivity contribution >= 4 is 15.7 Å². The summed E-state index contributed by atoms with van der Waals surface area (Å²) in [7, 11) is -3.25. The zero-order valence-corrected chi connectivity index (χ0v) is 11.8. The van der Waals surface area contributed by atoms with E-state index in [0.29, 0.717) is 5.69 Å². The average molecular weight is 284 g/mol. The van der Waals surface area contributed by atoms with Gasteiger partial charge in [0.25, 0.3) is 0 Å². The first-order valence-electron chi connectivity index (χ1n) is 6.54. The Hall–Kier alpha value is -1.11. The maximum absolute atomic E-state index is 11.4. The number of rotatable bonds is 5. The van der Waals surface area contributed by atoms with Crippen LogP contribution in [0, 0.1) is 0 Å². The Morgan fingerprint density at radius 3 is 2.63 bits per heavy atom. The van der Waals surface area contributed by atoms with E-state index in [-0.39, 0.29) is 11.8 Å². The molecule has 0 saturated carbocycles. The molecule has 1 aromatic carbocycles. The van der Waals surface area contributed by atoms with Crippen LogP contribution < -0.4 is 10.0 Å². The molecule has 1 aliphatic heterocycles. The van der Waals surface area contributed by atoms with Gasteiger partial charge in [-0.1, -0.05) is 12.1 Å². The average Bonchev–Trinajstić information content (AvgIpc) is 2.92. The van der Waals surface area contributed by atoms with E-state index < -0.39 is 16.1 Å². The van der Waals surface area contributed by atoms with Gasteiger partial charge in [0.15, 0.2) is 0 Å². The number of nitrogens with one attached hydrogen (secondary N) is 2. The first-order valence-corrected chi connectivity index (χ1v) is 8.19. The molecular weight excluding hydrogens is 264 g/mol. The number of aliphatic hydroxyl groups is 1. The Morgan fingerprint density at radius 2 is 2.11 bits per heavy atom. The molecule has 1 heterocycles. The van der Waals surface area contributed by atoms with Gasteiger partial charge in [0.2, 0.25) is 10.0 Å². The summed E-state index contributed by atoms with van der Waals surface area (Å²) in [6.07, 6.45) is 1.50. The zero-order valence-electron chi connectivity index (χ0n) is 11.0. The highest BCUT2D eigenvalue weighted by atomic mass is 32.2. The van der Waals surface area contributed by atoms with Gasteiger partial charge >= 0.3 is 0 Å². The van der Waals surface area contributed by atoms with E-state index in [1.807, 2.05) is 0 Å². The fourth-order valence-corrected chi connectivity index (χ4v) is 2.85. The van der Waals surface area contributed by atoms with Crippen LogP contribution in [0.2, 0.25) is 0 Å². The van der Waals surface area contributed by atoms with Gasteiger partial charge in [-0.2, -0.15) is 0 Å². The van der Waals surface area contributed by atoms with Crippen molar-refractivity contribution in [3.8, 4) is 0 Å². The van der Waals surface area contributed by atoms with Crippen LogP contribution in [0.1, 0.15) is 31.4 Å². The third-order valence-corrected chi connectivity index (χ3v) is 4.69. The predicted molar refractivity (Wildman–Crippen MR) is 75.5 cm³/mol. The van der Waals surface area contributed by atoms with Gasteiger partial charge in [0, 0.05) is 11.7 Å². The van der Waals surface area contributed by atoms with Crippen molar-refractivity contribution in [1.82, 2.24) is 5.32 Å². The zero-order chi connectivity index (χ0) is 13.9. The molecular formula is C13H20N2O3S. The van der Waals surface area contributed by atoms with Crippen molar-refractivity contribution < 1.29 is 13.5 Å². The molecule has 106 valence electrons. The molecule has 19 heavy (non-hydrogen) atoms. The maximum Gasteiger partial charge on any atom is 0.232 e. The minimum absolute atomic E-state index is 0.0450. The molecule has 0 radical (unpaired) electrons. The minimum atomic E-state index is -3.25. The topological polar surface area (TPSA) is 78.4 Å². The Morgan fingerprint density at radius 1 is 1.42 bits per heavy atom. The van der Waals surface area contributed by atoms with Crippen LogP contribution in [0.3, 0.4) is 0 Å². The van der Waals surface area contributed by atoms with Gasteiger partial charge < -0.3 is 10.4 Å². The van der Waals surface area contributed by atoms with Crippen LogP contribution in [0.15, 0.2) is 24.3 Å². The molecule has 0 aromatic heterocycles. The van der Waals surface area contributed by atoms with Crippen LogP contribution in [-0.4, -0.2) is 31.9 Å². The Kier molecular flexibility index (Phi) is 4.44. The van der Waals surface area contributed by atoms with Gasteiger partial charge in [-0.05, 0) is 44.0 Å². The molecule has 1 aromatic rings. The highest BCUT2D eigenvalue weighted by Gasteiger charge is 2.23. The Labute approximate surface area is 114 Å². The van der Waals surface area contributed by atoms with Crippen LogP contribution in [0.5, 0.6) is 0 Å². The summed E-state index contributed by atoms with van der Waals surface area (Å²) >= 11 is 0.